The number of hydrogen-bond donors (Lipinski definition) is 3. The van der Waals surface area contributed by atoms with Crippen molar-refractivity contribution in [1.82, 2.24) is 9.03 Å². The van der Waals surface area contributed by atoms with E-state index in [9.17, 15) is 8.42 Å². The Bertz CT molecular complexity index is 272. The first-order valence-corrected chi connectivity index (χ1v) is 5.27. The van der Waals surface area contributed by atoms with E-state index in [4.69, 9.17) is 11.1 Å². The Morgan fingerprint density at radius 3 is 2.38 bits per heavy atom. The third-order valence-electron chi connectivity index (χ3n) is 1.55. The van der Waals surface area contributed by atoms with E-state index in [1.807, 2.05) is 0 Å². The summed E-state index contributed by atoms with van der Waals surface area (Å²) in [6, 6.07) is -0.121. The molecule has 7 heteroatoms. The maximum absolute atomic E-state index is 11.3. The molecule has 0 unspecified atom stereocenters. The average molecular weight is 208 g/mol. The summed E-state index contributed by atoms with van der Waals surface area (Å²) in [4.78, 5) is 0. The van der Waals surface area contributed by atoms with E-state index in [0.717, 1.165) is 0 Å². The molecule has 4 N–H and O–H groups in total. The highest BCUT2D eigenvalue weighted by molar-refractivity contribution is 7.87. The Labute approximate surface area is 78.8 Å². The minimum Gasteiger partial charge on any atom is -0.387 e. The monoisotopic (exact) mass is 208 g/mol. The summed E-state index contributed by atoms with van der Waals surface area (Å²) in [6.45, 7) is 3.36. The van der Waals surface area contributed by atoms with Crippen LogP contribution >= 0.6 is 0 Å². The molecule has 0 saturated heterocycles. The molecule has 6 nitrogen and oxygen atoms in total. The van der Waals surface area contributed by atoms with Crippen LogP contribution in [0.5, 0.6) is 0 Å². The lowest BCUT2D eigenvalue weighted by Crippen LogP contribution is -2.44. The lowest BCUT2D eigenvalue weighted by atomic mass is 10.4. The van der Waals surface area contributed by atoms with Crippen molar-refractivity contribution < 1.29 is 8.42 Å². The first kappa shape index (κ1) is 12.3. The average Bonchev–Trinajstić information content (AvgIpc) is 1.99. The molecule has 0 rings (SSSR count). The zero-order valence-corrected chi connectivity index (χ0v) is 8.85. The molecule has 0 aromatic rings. The Kier molecular flexibility index (Phi) is 4.31. The summed E-state index contributed by atoms with van der Waals surface area (Å²) < 4.78 is 26.0. The van der Waals surface area contributed by atoms with Gasteiger partial charge in [0.05, 0.1) is 6.54 Å². The number of rotatable bonds is 5. The molecule has 0 bridgehead atoms. The van der Waals surface area contributed by atoms with Gasteiger partial charge in [0.25, 0.3) is 10.2 Å². The summed E-state index contributed by atoms with van der Waals surface area (Å²) in [5, 5.41) is 6.85. The SMILES string of the molecule is CC(C)N(C)S(=O)(=O)NCC(=N)N. The lowest BCUT2D eigenvalue weighted by Gasteiger charge is -2.20. The van der Waals surface area contributed by atoms with E-state index < -0.39 is 10.2 Å². The van der Waals surface area contributed by atoms with Crippen LogP contribution in [0.1, 0.15) is 13.8 Å². The van der Waals surface area contributed by atoms with Gasteiger partial charge < -0.3 is 5.73 Å². The van der Waals surface area contributed by atoms with Gasteiger partial charge in [-0.2, -0.15) is 17.4 Å². The van der Waals surface area contributed by atoms with E-state index in [2.05, 4.69) is 4.72 Å². The third kappa shape index (κ3) is 4.20. The van der Waals surface area contributed by atoms with Crippen molar-refractivity contribution in [2.75, 3.05) is 13.6 Å². The number of nitrogens with two attached hydrogens (primary N) is 1. The van der Waals surface area contributed by atoms with Crippen molar-refractivity contribution in [2.24, 2.45) is 5.73 Å². The van der Waals surface area contributed by atoms with Crippen molar-refractivity contribution >= 4 is 16.0 Å². The van der Waals surface area contributed by atoms with Gasteiger partial charge in [-0.1, -0.05) is 0 Å². The summed E-state index contributed by atoms with van der Waals surface area (Å²) >= 11 is 0. The summed E-state index contributed by atoms with van der Waals surface area (Å²) in [7, 11) is -2.03. The van der Waals surface area contributed by atoms with Crippen LogP contribution in [0.3, 0.4) is 0 Å². The van der Waals surface area contributed by atoms with E-state index >= 15 is 0 Å². The van der Waals surface area contributed by atoms with Crippen LogP contribution in [-0.4, -0.2) is 38.2 Å². The molecule has 0 atom stereocenters. The third-order valence-corrected chi connectivity index (χ3v) is 3.24. The quantitative estimate of drug-likeness (QED) is 0.403. The van der Waals surface area contributed by atoms with Crippen LogP contribution in [-0.2, 0) is 10.2 Å². The molecule has 0 aromatic heterocycles. The molecular formula is C6H16N4O2S. The zero-order valence-electron chi connectivity index (χ0n) is 8.03. The fourth-order valence-corrected chi connectivity index (χ4v) is 1.64. The second kappa shape index (κ2) is 4.54. The Morgan fingerprint density at radius 2 is 2.08 bits per heavy atom. The molecule has 78 valence electrons. The van der Waals surface area contributed by atoms with E-state index in [1.54, 1.807) is 13.8 Å². The second-order valence-corrected chi connectivity index (χ2v) is 4.78. The number of nitrogens with one attached hydrogen (secondary N) is 2. The Balaban J connectivity index is 4.32. The highest BCUT2D eigenvalue weighted by atomic mass is 32.2. The van der Waals surface area contributed by atoms with Gasteiger partial charge in [0.2, 0.25) is 0 Å². The van der Waals surface area contributed by atoms with Gasteiger partial charge in [-0.15, -0.1) is 0 Å². The molecule has 0 fully saturated rings. The normalized spacial score (nSPS) is 12.4. The molecule has 0 aliphatic heterocycles. The van der Waals surface area contributed by atoms with E-state index in [0.29, 0.717) is 0 Å². The van der Waals surface area contributed by atoms with Crippen molar-refractivity contribution in [2.45, 2.75) is 19.9 Å². The van der Waals surface area contributed by atoms with E-state index in [-0.39, 0.29) is 18.4 Å². The predicted octanol–water partition coefficient (Wildman–Crippen LogP) is -0.903. The summed E-state index contributed by atoms with van der Waals surface area (Å²) in [5.74, 6) is -0.208. The van der Waals surface area contributed by atoms with E-state index in [1.165, 1.54) is 11.4 Å². The second-order valence-electron chi connectivity index (χ2n) is 2.96. The molecular weight excluding hydrogens is 192 g/mol. The predicted molar refractivity (Wildman–Crippen MR) is 51.7 cm³/mol. The van der Waals surface area contributed by atoms with Crippen LogP contribution in [0.25, 0.3) is 0 Å². The Morgan fingerprint density at radius 1 is 1.62 bits per heavy atom. The molecule has 0 heterocycles. The summed E-state index contributed by atoms with van der Waals surface area (Å²) in [6.07, 6.45) is 0. The van der Waals surface area contributed by atoms with Gasteiger partial charge >= 0.3 is 0 Å². The Hall–Kier alpha value is -0.660. The van der Waals surface area contributed by atoms with Gasteiger partial charge in [0.15, 0.2) is 0 Å². The molecule has 0 spiro atoms. The topological polar surface area (TPSA) is 99.3 Å². The minimum absolute atomic E-state index is 0.121. The number of nitrogens with zero attached hydrogens (tertiary/aromatic N) is 1. The lowest BCUT2D eigenvalue weighted by molar-refractivity contribution is 0.404. The van der Waals surface area contributed by atoms with Crippen molar-refractivity contribution in [3.8, 4) is 0 Å². The molecule has 0 aromatic carbocycles. The zero-order chi connectivity index (χ0) is 10.6. The largest absolute Gasteiger partial charge is 0.387 e. The molecule has 0 aliphatic rings. The molecule has 0 amide bonds. The summed E-state index contributed by atoms with van der Waals surface area (Å²) in [5.41, 5.74) is 5.01. The van der Waals surface area contributed by atoms with Crippen LogP contribution in [0.2, 0.25) is 0 Å². The van der Waals surface area contributed by atoms with Crippen LogP contribution in [0, 0.1) is 5.41 Å². The molecule has 0 saturated carbocycles. The van der Waals surface area contributed by atoms with Crippen molar-refractivity contribution in [3.63, 3.8) is 0 Å². The van der Waals surface area contributed by atoms with Gasteiger partial charge in [-0.25, -0.2) is 0 Å². The number of amidine groups is 1. The highest BCUT2D eigenvalue weighted by Crippen LogP contribution is 1.99. The minimum atomic E-state index is -3.49. The molecule has 13 heavy (non-hydrogen) atoms. The maximum atomic E-state index is 11.3. The maximum Gasteiger partial charge on any atom is 0.279 e. The fourth-order valence-electron chi connectivity index (χ4n) is 0.548. The molecule has 0 radical (unpaired) electrons. The highest BCUT2D eigenvalue weighted by Gasteiger charge is 2.19. The number of hydrogen-bond acceptors (Lipinski definition) is 3. The van der Waals surface area contributed by atoms with Crippen molar-refractivity contribution in [3.05, 3.63) is 0 Å². The van der Waals surface area contributed by atoms with Crippen LogP contribution in [0.4, 0.5) is 0 Å². The van der Waals surface area contributed by atoms with Gasteiger partial charge in [0.1, 0.15) is 5.84 Å². The van der Waals surface area contributed by atoms with Crippen LogP contribution < -0.4 is 10.5 Å². The molecule has 0 aliphatic carbocycles. The van der Waals surface area contributed by atoms with Gasteiger partial charge in [-0.3, -0.25) is 5.41 Å². The first-order chi connectivity index (χ1) is 5.77. The standard InChI is InChI=1S/C6H16N4O2S/c1-5(2)10(3)13(11,12)9-4-6(7)8/h5,9H,4H2,1-3H3,(H3,7,8). The van der Waals surface area contributed by atoms with Gasteiger partial charge in [0, 0.05) is 13.1 Å². The van der Waals surface area contributed by atoms with Crippen LogP contribution in [0.15, 0.2) is 0 Å². The fraction of sp³-hybridized carbons (Fsp3) is 0.833. The smallest absolute Gasteiger partial charge is 0.279 e. The van der Waals surface area contributed by atoms with Crippen molar-refractivity contribution in [1.29, 1.82) is 5.41 Å². The van der Waals surface area contributed by atoms with Gasteiger partial charge in [-0.05, 0) is 13.8 Å². The first-order valence-electron chi connectivity index (χ1n) is 3.83.